The number of para-hydroxylation sites is 1. The molecule has 0 aromatic heterocycles. The quantitative estimate of drug-likeness (QED) is 0.565. The van der Waals surface area contributed by atoms with E-state index in [0.717, 1.165) is 41.9 Å². The molecule has 0 saturated carbocycles. The van der Waals surface area contributed by atoms with Crippen molar-refractivity contribution in [1.29, 1.82) is 0 Å². The van der Waals surface area contributed by atoms with Gasteiger partial charge in [0.15, 0.2) is 0 Å². The average Bonchev–Trinajstić information content (AvgIpc) is 2.70. The Balaban J connectivity index is 1.68. The first kappa shape index (κ1) is 22.3. The van der Waals surface area contributed by atoms with Gasteiger partial charge in [-0.2, -0.15) is 0 Å². The number of nitrogens with zero attached hydrogens (tertiary/aromatic N) is 1. The lowest BCUT2D eigenvalue weighted by atomic mass is 10.1. The van der Waals surface area contributed by atoms with Crippen LogP contribution in [0.5, 0.6) is 0 Å². The van der Waals surface area contributed by atoms with Gasteiger partial charge in [0.05, 0.1) is 6.54 Å². The molecule has 3 amide bonds. The summed E-state index contributed by atoms with van der Waals surface area (Å²) in [5.74, 6) is -0.239. The van der Waals surface area contributed by atoms with Crippen molar-refractivity contribution in [2.45, 2.75) is 34.1 Å². The minimum absolute atomic E-state index is 0.0658. The molecule has 0 bridgehead atoms. The van der Waals surface area contributed by atoms with Gasteiger partial charge in [0.2, 0.25) is 5.91 Å². The summed E-state index contributed by atoms with van der Waals surface area (Å²) in [4.78, 5) is 26.4. The molecule has 0 fully saturated rings. The van der Waals surface area contributed by atoms with Crippen LogP contribution in [0.4, 0.5) is 16.2 Å². The standard InChI is InChI=1S/C23H32N4O2/c1-5-27(20-10-7-6-8-11-20)13-9-12-24-23(29)25-16-21(28)26-22-18(3)14-17(2)15-19(22)4/h6-8,10-11,14-15H,5,9,12-13,16H2,1-4H3,(H,26,28)(H2,24,25,29). The lowest BCUT2D eigenvalue weighted by Gasteiger charge is -2.23. The highest BCUT2D eigenvalue weighted by Crippen LogP contribution is 2.21. The van der Waals surface area contributed by atoms with Crippen LogP contribution in [0, 0.1) is 20.8 Å². The van der Waals surface area contributed by atoms with Crippen molar-refractivity contribution in [2.24, 2.45) is 0 Å². The van der Waals surface area contributed by atoms with E-state index < -0.39 is 0 Å². The van der Waals surface area contributed by atoms with Gasteiger partial charge in [0.25, 0.3) is 0 Å². The predicted octanol–water partition coefficient (Wildman–Crippen LogP) is 3.77. The zero-order valence-electron chi connectivity index (χ0n) is 17.8. The monoisotopic (exact) mass is 396 g/mol. The molecule has 6 heteroatoms. The third-order valence-corrected chi connectivity index (χ3v) is 4.74. The third-order valence-electron chi connectivity index (χ3n) is 4.74. The van der Waals surface area contributed by atoms with Gasteiger partial charge >= 0.3 is 6.03 Å². The van der Waals surface area contributed by atoms with Crippen LogP contribution in [0.15, 0.2) is 42.5 Å². The van der Waals surface area contributed by atoms with Gasteiger partial charge in [-0.25, -0.2) is 4.79 Å². The molecule has 3 N–H and O–H groups in total. The molecule has 0 radical (unpaired) electrons. The van der Waals surface area contributed by atoms with E-state index in [0.29, 0.717) is 6.54 Å². The normalized spacial score (nSPS) is 10.3. The molecular weight excluding hydrogens is 364 g/mol. The molecule has 0 aliphatic carbocycles. The molecule has 2 aromatic carbocycles. The van der Waals surface area contributed by atoms with Gasteiger partial charge < -0.3 is 20.9 Å². The van der Waals surface area contributed by atoms with Crippen LogP contribution in [-0.4, -0.2) is 38.1 Å². The number of aryl methyl sites for hydroxylation is 3. The van der Waals surface area contributed by atoms with Gasteiger partial charge in [0.1, 0.15) is 0 Å². The van der Waals surface area contributed by atoms with E-state index in [9.17, 15) is 9.59 Å². The van der Waals surface area contributed by atoms with Crippen molar-refractivity contribution >= 4 is 23.3 Å². The lowest BCUT2D eigenvalue weighted by molar-refractivity contribution is -0.115. The molecule has 0 atom stereocenters. The number of amides is 3. The molecule has 0 aliphatic rings. The van der Waals surface area contributed by atoms with E-state index in [1.165, 1.54) is 5.69 Å². The van der Waals surface area contributed by atoms with Crippen molar-refractivity contribution in [2.75, 3.05) is 36.4 Å². The number of nitrogens with one attached hydrogen (secondary N) is 3. The van der Waals surface area contributed by atoms with Crippen LogP contribution in [0.25, 0.3) is 0 Å². The molecule has 0 spiro atoms. The molecule has 6 nitrogen and oxygen atoms in total. The Kier molecular flexibility index (Phi) is 8.52. The van der Waals surface area contributed by atoms with Crippen molar-refractivity contribution in [1.82, 2.24) is 10.6 Å². The number of hydrogen-bond acceptors (Lipinski definition) is 3. The first-order valence-corrected chi connectivity index (χ1v) is 10.1. The van der Waals surface area contributed by atoms with E-state index in [4.69, 9.17) is 0 Å². The van der Waals surface area contributed by atoms with E-state index in [1.54, 1.807) is 0 Å². The highest BCUT2D eigenvalue weighted by atomic mass is 16.2. The second-order valence-electron chi connectivity index (χ2n) is 7.20. The van der Waals surface area contributed by atoms with Crippen LogP contribution in [-0.2, 0) is 4.79 Å². The van der Waals surface area contributed by atoms with Crippen molar-refractivity contribution in [3.8, 4) is 0 Å². The Morgan fingerprint density at radius 2 is 1.62 bits per heavy atom. The second-order valence-corrected chi connectivity index (χ2v) is 7.20. The SMILES string of the molecule is CCN(CCCNC(=O)NCC(=O)Nc1c(C)cc(C)cc1C)c1ccccc1. The Morgan fingerprint density at radius 1 is 0.966 bits per heavy atom. The Morgan fingerprint density at radius 3 is 2.24 bits per heavy atom. The van der Waals surface area contributed by atoms with Crippen LogP contribution in [0.2, 0.25) is 0 Å². The van der Waals surface area contributed by atoms with E-state index in [1.807, 2.05) is 51.1 Å². The summed E-state index contributed by atoms with van der Waals surface area (Å²) >= 11 is 0. The summed E-state index contributed by atoms with van der Waals surface area (Å²) in [5.41, 5.74) is 5.17. The van der Waals surface area contributed by atoms with Gasteiger partial charge in [-0.15, -0.1) is 0 Å². The molecule has 0 saturated heterocycles. The summed E-state index contributed by atoms with van der Waals surface area (Å²) in [5, 5.41) is 8.30. The molecular formula is C23H32N4O2. The fourth-order valence-electron chi connectivity index (χ4n) is 3.36. The smallest absolute Gasteiger partial charge is 0.315 e. The topological polar surface area (TPSA) is 73.5 Å². The first-order chi connectivity index (χ1) is 13.9. The van der Waals surface area contributed by atoms with Crippen molar-refractivity contribution in [3.63, 3.8) is 0 Å². The fraction of sp³-hybridized carbons (Fsp3) is 0.391. The number of benzene rings is 2. The maximum Gasteiger partial charge on any atom is 0.315 e. The predicted molar refractivity (Wildman–Crippen MR) is 120 cm³/mol. The third kappa shape index (κ3) is 7.14. The van der Waals surface area contributed by atoms with E-state index in [2.05, 4.69) is 39.9 Å². The zero-order valence-corrected chi connectivity index (χ0v) is 17.8. The minimum Gasteiger partial charge on any atom is -0.372 e. The number of carbonyl (C=O) groups is 2. The van der Waals surface area contributed by atoms with Crippen LogP contribution < -0.4 is 20.9 Å². The summed E-state index contributed by atoms with van der Waals surface area (Å²) < 4.78 is 0. The highest BCUT2D eigenvalue weighted by Gasteiger charge is 2.10. The number of urea groups is 1. The number of anilines is 2. The Bertz CT molecular complexity index is 798. The van der Waals surface area contributed by atoms with Crippen molar-refractivity contribution in [3.05, 3.63) is 59.2 Å². The summed E-state index contributed by atoms with van der Waals surface area (Å²) in [6.45, 7) is 10.3. The lowest BCUT2D eigenvalue weighted by Crippen LogP contribution is -2.41. The first-order valence-electron chi connectivity index (χ1n) is 10.1. The van der Waals surface area contributed by atoms with Gasteiger partial charge in [-0.3, -0.25) is 4.79 Å². The molecule has 0 heterocycles. The summed E-state index contributed by atoms with van der Waals surface area (Å²) in [6.07, 6.45) is 0.824. The fourth-order valence-corrected chi connectivity index (χ4v) is 3.36. The second kappa shape index (κ2) is 11.1. The highest BCUT2D eigenvalue weighted by molar-refractivity contribution is 5.95. The number of rotatable bonds is 9. The molecule has 2 rings (SSSR count). The van der Waals surface area contributed by atoms with E-state index >= 15 is 0 Å². The summed E-state index contributed by atoms with van der Waals surface area (Å²) in [6, 6.07) is 13.9. The zero-order chi connectivity index (χ0) is 21.2. The van der Waals surface area contributed by atoms with Gasteiger partial charge in [-0.05, 0) is 57.4 Å². The summed E-state index contributed by atoms with van der Waals surface area (Å²) in [7, 11) is 0. The van der Waals surface area contributed by atoms with Gasteiger partial charge in [-0.1, -0.05) is 35.9 Å². The van der Waals surface area contributed by atoms with Crippen LogP contribution in [0.1, 0.15) is 30.0 Å². The maximum atomic E-state index is 12.2. The van der Waals surface area contributed by atoms with Crippen LogP contribution >= 0.6 is 0 Å². The molecule has 0 unspecified atom stereocenters. The number of carbonyl (C=O) groups excluding carboxylic acids is 2. The maximum absolute atomic E-state index is 12.2. The average molecular weight is 397 g/mol. The number of hydrogen-bond donors (Lipinski definition) is 3. The van der Waals surface area contributed by atoms with Crippen molar-refractivity contribution < 1.29 is 9.59 Å². The Labute approximate surface area is 173 Å². The Hall–Kier alpha value is -3.02. The minimum atomic E-state index is -0.333. The largest absolute Gasteiger partial charge is 0.372 e. The molecule has 2 aromatic rings. The molecule has 29 heavy (non-hydrogen) atoms. The molecule has 0 aliphatic heterocycles. The van der Waals surface area contributed by atoms with Gasteiger partial charge in [0, 0.05) is 31.0 Å². The van der Waals surface area contributed by atoms with Crippen LogP contribution in [0.3, 0.4) is 0 Å². The van der Waals surface area contributed by atoms with E-state index in [-0.39, 0.29) is 18.5 Å². The molecule has 156 valence electrons.